The second kappa shape index (κ2) is 6.43. The van der Waals surface area contributed by atoms with Crippen molar-refractivity contribution in [2.45, 2.75) is 25.3 Å². The van der Waals surface area contributed by atoms with Gasteiger partial charge in [-0.25, -0.2) is 17.6 Å². The van der Waals surface area contributed by atoms with Crippen LogP contribution in [0.5, 0.6) is 0 Å². The lowest BCUT2D eigenvalue weighted by Gasteiger charge is -2.10. The summed E-state index contributed by atoms with van der Waals surface area (Å²) in [5.41, 5.74) is -5.96. The standard InChI is InChI=1S/C6H11N2.C2HF6NO2S/c1-3-8-5-4-7(2)6-8;3-1(4,5)9-12(10,11)2(6,7)8/h4-6H,3H2,1-2H3;9H/q+1;. The Morgan fingerprint density at radius 3 is 1.85 bits per heavy atom. The normalized spacial score (nSPS) is 12.8. The number of sulfonamides is 1. The summed E-state index contributed by atoms with van der Waals surface area (Å²) in [6.07, 6.45) is 0.526. The van der Waals surface area contributed by atoms with Crippen LogP contribution in [0.3, 0.4) is 0 Å². The van der Waals surface area contributed by atoms with E-state index in [1.54, 1.807) is 0 Å². The molecule has 0 bridgehead atoms. The predicted molar refractivity (Wildman–Crippen MR) is 55.4 cm³/mol. The molecule has 1 aromatic heterocycles. The Morgan fingerprint density at radius 1 is 1.20 bits per heavy atom. The number of alkyl halides is 6. The maximum atomic E-state index is 11.2. The Bertz CT molecular complexity index is 519. The van der Waals surface area contributed by atoms with E-state index in [1.807, 2.05) is 17.8 Å². The van der Waals surface area contributed by atoms with Gasteiger partial charge in [-0.05, 0) is 6.92 Å². The van der Waals surface area contributed by atoms with Crippen molar-refractivity contribution in [2.24, 2.45) is 7.05 Å². The first kappa shape index (κ1) is 18.7. The molecule has 0 saturated heterocycles. The second-order valence-electron chi connectivity index (χ2n) is 3.46. The molecule has 0 aliphatic rings. The van der Waals surface area contributed by atoms with E-state index >= 15 is 0 Å². The molecular formula is C8H12F6N3O2S+. The van der Waals surface area contributed by atoms with Gasteiger partial charge in [0, 0.05) is 0 Å². The number of aryl methyl sites for hydroxylation is 2. The van der Waals surface area contributed by atoms with E-state index < -0.39 is 26.6 Å². The molecular weight excluding hydrogens is 316 g/mol. The van der Waals surface area contributed by atoms with E-state index in [4.69, 9.17) is 0 Å². The molecule has 12 heteroatoms. The molecule has 0 unspecified atom stereocenters. The summed E-state index contributed by atoms with van der Waals surface area (Å²) in [7, 11) is -4.31. The van der Waals surface area contributed by atoms with Gasteiger partial charge in [0.2, 0.25) is 6.33 Å². The molecule has 1 rings (SSSR count). The van der Waals surface area contributed by atoms with Gasteiger partial charge in [0.15, 0.2) is 0 Å². The fraction of sp³-hybridized carbons (Fsp3) is 0.625. The highest BCUT2D eigenvalue weighted by molar-refractivity contribution is 7.90. The number of aromatic nitrogens is 2. The van der Waals surface area contributed by atoms with E-state index in [9.17, 15) is 34.8 Å². The molecule has 5 nitrogen and oxygen atoms in total. The zero-order valence-corrected chi connectivity index (χ0v) is 11.1. The average molecular weight is 328 g/mol. The van der Waals surface area contributed by atoms with Crippen LogP contribution in [0.4, 0.5) is 26.3 Å². The van der Waals surface area contributed by atoms with Crippen molar-refractivity contribution < 1.29 is 39.3 Å². The number of rotatable bonds is 2. The lowest BCUT2D eigenvalue weighted by molar-refractivity contribution is -0.671. The number of nitrogens with zero attached hydrogens (tertiary/aromatic N) is 2. The van der Waals surface area contributed by atoms with Gasteiger partial charge in [0.1, 0.15) is 12.4 Å². The quantitative estimate of drug-likeness (QED) is 0.505. The fourth-order valence-electron chi connectivity index (χ4n) is 0.899. The topological polar surface area (TPSA) is 55.0 Å². The molecule has 0 saturated carbocycles. The molecule has 0 aromatic carbocycles. The number of hydrogen-bond acceptors (Lipinski definition) is 2. The van der Waals surface area contributed by atoms with E-state index in [2.05, 4.69) is 24.0 Å². The predicted octanol–water partition coefficient (Wildman–Crippen LogP) is 1.28. The summed E-state index contributed by atoms with van der Waals surface area (Å²) in [5, 5.41) is 0. The highest BCUT2D eigenvalue weighted by Crippen LogP contribution is 2.25. The van der Waals surface area contributed by atoms with Crippen LogP contribution in [-0.2, 0) is 23.6 Å². The molecule has 0 amide bonds. The smallest absolute Gasteiger partial charge is 0.240 e. The average Bonchev–Trinajstić information content (AvgIpc) is 2.59. The number of nitrogens with one attached hydrogen (secondary N) is 1. The lowest BCUT2D eigenvalue weighted by Crippen LogP contribution is -2.44. The molecule has 1 aromatic rings. The van der Waals surface area contributed by atoms with Crippen molar-refractivity contribution >= 4 is 10.0 Å². The summed E-state index contributed by atoms with van der Waals surface area (Å²) in [5.74, 6) is 0. The van der Waals surface area contributed by atoms with Crippen LogP contribution in [0.15, 0.2) is 18.7 Å². The highest BCUT2D eigenvalue weighted by Gasteiger charge is 2.51. The Hall–Kier alpha value is -1.30. The Labute approximate surface area is 110 Å². The monoisotopic (exact) mass is 328 g/mol. The van der Waals surface area contributed by atoms with Gasteiger partial charge in [0.05, 0.1) is 13.6 Å². The van der Waals surface area contributed by atoms with Crippen LogP contribution in [-0.4, -0.2) is 24.8 Å². The largest absolute Gasteiger partial charge is 0.511 e. The molecule has 0 atom stereocenters. The van der Waals surface area contributed by atoms with Gasteiger partial charge < -0.3 is 0 Å². The molecule has 0 aliphatic carbocycles. The first-order chi connectivity index (χ1) is 8.78. The second-order valence-corrected chi connectivity index (χ2v) is 5.13. The van der Waals surface area contributed by atoms with Crippen LogP contribution in [0.2, 0.25) is 0 Å². The Balaban J connectivity index is 0.000000388. The maximum Gasteiger partial charge on any atom is 0.511 e. The van der Waals surface area contributed by atoms with Gasteiger partial charge in [-0.3, -0.25) is 0 Å². The van der Waals surface area contributed by atoms with Crippen LogP contribution in [0, 0.1) is 0 Å². The summed E-state index contributed by atoms with van der Waals surface area (Å²) in [6.45, 7) is 3.18. The van der Waals surface area contributed by atoms with Crippen molar-refractivity contribution in [3.05, 3.63) is 18.7 Å². The number of imidazole rings is 1. The zero-order valence-electron chi connectivity index (χ0n) is 10.3. The molecule has 0 fully saturated rings. The van der Waals surface area contributed by atoms with Crippen LogP contribution in [0.25, 0.3) is 0 Å². The maximum absolute atomic E-state index is 11.2. The minimum Gasteiger partial charge on any atom is -0.240 e. The van der Waals surface area contributed by atoms with Crippen molar-refractivity contribution in [1.29, 1.82) is 0 Å². The lowest BCUT2D eigenvalue weighted by atomic mass is 10.7. The molecule has 0 aliphatic heterocycles. The minimum absolute atomic E-state index is 0.517. The van der Waals surface area contributed by atoms with Gasteiger partial charge in [-0.15, -0.1) is 4.72 Å². The van der Waals surface area contributed by atoms with Gasteiger partial charge >= 0.3 is 21.8 Å². The third-order valence-corrected chi connectivity index (χ3v) is 2.85. The highest BCUT2D eigenvalue weighted by atomic mass is 32.2. The summed E-state index contributed by atoms with van der Waals surface area (Å²) >= 11 is 0. The van der Waals surface area contributed by atoms with Gasteiger partial charge in [-0.1, -0.05) is 0 Å². The van der Waals surface area contributed by atoms with Crippen molar-refractivity contribution in [3.63, 3.8) is 0 Å². The SMILES string of the molecule is CCn1cc[n+](C)c1.O=S(=O)(NC(F)(F)F)C(F)(F)F. The molecule has 0 radical (unpaired) electrons. The number of halogens is 6. The van der Waals surface area contributed by atoms with Crippen molar-refractivity contribution in [1.82, 2.24) is 9.29 Å². The van der Waals surface area contributed by atoms with Crippen LogP contribution >= 0.6 is 0 Å². The van der Waals surface area contributed by atoms with Gasteiger partial charge in [0.25, 0.3) is 0 Å². The van der Waals surface area contributed by atoms with E-state index in [0.717, 1.165) is 6.54 Å². The summed E-state index contributed by atoms with van der Waals surface area (Å²) in [6, 6.07) is 0. The molecule has 1 heterocycles. The van der Waals surface area contributed by atoms with Crippen LogP contribution < -0.4 is 9.29 Å². The third-order valence-electron chi connectivity index (χ3n) is 1.74. The van der Waals surface area contributed by atoms with E-state index in [1.165, 1.54) is 0 Å². The Morgan fingerprint density at radius 2 is 1.70 bits per heavy atom. The van der Waals surface area contributed by atoms with Crippen LogP contribution in [0.1, 0.15) is 6.92 Å². The zero-order chi connectivity index (χ0) is 16.2. The van der Waals surface area contributed by atoms with Crippen molar-refractivity contribution in [2.75, 3.05) is 0 Å². The van der Waals surface area contributed by atoms with Gasteiger partial charge in [-0.2, -0.15) is 26.3 Å². The fourth-order valence-corrected chi connectivity index (χ4v) is 1.32. The van der Waals surface area contributed by atoms with Crippen molar-refractivity contribution in [3.8, 4) is 0 Å². The molecule has 20 heavy (non-hydrogen) atoms. The summed E-state index contributed by atoms with van der Waals surface area (Å²) < 4.78 is 90.0. The van der Waals surface area contributed by atoms with E-state index in [-0.39, 0.29) is 0 Å². The first-order valence-electron chi connectivity index (χ1n) is 4.96. The molecule has 0 spiro atoms. The third kappa shape index (κ3) is 6.75. The molecule has 118 valence electrons. The minimum atomic E-state index is -6.33. The van der Waals surface area contributed by atoms with E-state index in [0.29, 0.717) is 0 Å². The number of hydrogen-bond donors (Lipinski definition) is 1. The summed E-state index contributed by atoms with van der Waals surface area (Å²) in [4.78, 5) is 0. The molecule has 1 N–H and O–H groups in total. The first-order valence-corrected chi connectivity index (χ1v) is 6.45. The Kier molecular flexibility index (Phi) is 6.02.